The predicted molar refractivity (Wildman–Crippen MR) is 96.0 cm³/mol. The highest BCUT2D eigenvalue weighted by Gasteiger charge is 2.21. The molecule has 1 aliphatic carbocycles. The van der Waals surface area contributed by atoms with E-state index in [9.17, 15) is 13.2 Å². The number of H-pyrrole nitrogens is 1. The van der Waals surface area contributed by atoms with Gasteiger partial charge >= 0.3 is 0 Å². The zero-order valence-electron chi connectivity index (χ0n) is 14.8. The van der Waals surface area contributed by atoms with Gasteiger partial charge < -0.3 is 10.1 Å². The molecule has 0 atom stereocenters. The molecule has 9 heteroatoms. The van der Waals surface area contributed by atoms with E-state index >= 15 is 0 Å². The SMILES string of the molecule is COc1cc(CC(=O)Nc2cc(C3CCCC3)[nH]n2)c(S(C)(=O)=O)cn1. The van der Waals surface area contributed by atoms with Gasteiger partial charge in [-0.15, -0.1) is 0 Å². The number of carbonyl (C=O) groups excluding carboxylic acids is 1. The lowest BCUT2D eigenvalue weighted by Gasteiger charge is -2.09. The van der Waals surface area contributed by atoms with E-state index in [1.165, 1.54) is 32.2 Å². The Morgan fingerprint density at radius 2 is 2.08 bits per heavy atom. The molecule has 1 amide bonds. The van der Waals surface area contributed by atoms with Crippen LogP contribution in [0.3, 0.4) is 0 Å². The standard InChI is InChI=1S/C17H22N4O4S/c1-25-17-8-12(14(10-18-17)26(2,23)24)7-16(22)19-15-9-13(20-21-15)11-5-3-4-6-11/h8-11H,3-7H2,1-2H3,(H2,19,20,21,22). The van der Waals surface area contributed by atoms with E-state index in [0.717, 1.165) is 24.8 Å². The first-order valence-corrected chi connectivity index (χ1v) is 10.3. The largest absolute Gasteiger partial charge is 0.481 e. The van der Waals surface area contributed by atoms with E-state index in [0.29, 0.717) is 17.3 Å². The number of methoxy groups -OCH3 is 1. The van der Waals surface area contributed by atoms with Crippen LogP contribution in [0.4, 0.5) is 5.82 Å². The van der Waals surface area contributed by atoms with Crippen molar-refractivity contribution in [2.24, 2.45) is 0 Å². The molecule has 2 aromatic heterocycles. The normalized spacial score (nSPS) is 15.2. The second-order valence-corrected chi connectivity index (χ2v) is 8.51. The summed E-state index contributed by atoms with van der Waals surface area (Å²) in [6.07, 6.45) is 6.86. The van der Waals surface area contributed by atoms with Crippen molar-refractivity contribution in [3.63, 3.8) is 0 Å². The Kier molecular flexibility index (Phi) is 5.26. The summed E-state index contributed by atoms with van der Waals surface area (Å²) in [7, 11) is -2.07. The summed E-state index contributed by atoms with van der Waals surface area (Å²) < 4.78 is 28.9. The topological polar surface area (TPSA) is 114 Å². The Bertz CT molecular complexity index is 901. The molecule has 1 saturated carbocycles. The van der Waals surface area contributed by atoms with Crippen LogP contribution in [-0.2, 0) is 21.1 Å². The molecule has 0 aromatic carbocycles. The maximum Gasteiger partial charge on any atom is 0.230 e. The van der Waals surface area contributed by atoms with Gasteiger partial charge in [-0.05, 0) is 18.4 Å². The Labute approximate surface area is 152 Å². The molecule has 0 radical (unpaired) electrons. The van der Waals surface area contributed by atoms with Crippen molar-refractivity contribution in [1.82, 2.24) is 15.2 Å². The second kappa shape index (κ2) is 7.45. The first-order valence-electron chi connectivity index (χ1n) is 8.45. The van der Waals surface area contributed by atoms with Crippen molar-refractivity contribution in [2.75, 3.05) is 18.7 Å². The van der Waals surface area contributed by atoms with Crippen molar-refractivity contribution in [3.05, 3.63) is 29.6 Å². The van der Waals surface area contributed by atoms with E-state index in [1.807, 2.05) is 6.07 Å². The number of sulfone groups is 1. The Morgan fingerprint density at radius 1 is 1.35 bits per heavy atom. The number of aromatic nitrogens is 3. The molecule has 0 spiro atoms. The lowest BCUT2D eigenvalue weighted by molar-refractivity contribution is -0.115. The summed E-state index contributed by atoms with van der Waals surface area (Å²) in [5.74, 6) is 0.810. The summed E-state index contributed by atoms with van der Waals surface area (Å²) in [5.41, 5.74) is 1.36. The van der Waals surface area contributed by atoms with Gasteiger partial charge in [-0.25, -0.2) is 13.4 Å². The fourth-order valence-corrected chi connectivity index (χ4v) is 4.10. The summed E-state index contributed by atoms with van der Waals surface area (Å²) in [6, 6.07) is 3.31. The number of rotatable bonds is 6. The van der Waals surface area contributed by atoms with Crippen LogP contribution in [0.2, 0.25) is 0 Å². The van der Waals surface area contributed by atoms with Gasteiger partial charge in [0.25, 0.3) is 0 Å². The molecule has 0 unspecified atom stereocenters. The van der Waals surface area contributed by atoms with Crippen LogP contribution < -0.4 is 10.1 Å². The van der Waals surface area contributed by atoms with Gasteiger partial charge in [0.05, 0.1) is 18.4 Å². The number of nitrogens with one attached hydrogen (secondary N) is 2. The zero-order valence-corrected chi connectivity index (χ0v) is 15.6. The van der Waals surface area contributed by atoms with Gasteiger partial charge in [-0.3, -0.25) is 9.89 Å². The van der Waals surface area contributed by atoms with Crippen LogP contribution in [0.25, 0.3) is 0 Å². The van der Waals surface area contributed by atoms with Gasteiger partial charge in [-0.2, -0.15) is 5.10 Å². The summed E-state index contributed by atoms with van der Waals surface area (Å²) in [6.45, 7) is 0. The van der Waals surface area contributed by atoms with E-state index in [2.05, 4.69) is 20.5 Å². The zero-order chi connectivity index (χ0) is 18.7. The molecule has 1 aliphatic rings. The fraction of sp³-hybridized carbons (Fsp3) is 0.471. The third kappa shape index (κ3) is 4.21. The Morgan fingerprint density at radius 3 is 2.73 bits per heavy atom. The van der Waals surface area contributed by atoms with Crippen LogP contribution in [0, 0.1) is 0 Å². The number of carbonyl (C=O) groups is 1. The predicted octanol–water partition coefficient (Wildman–Crippen LogP) is 2.06. The molecule has 0 saturated heterocycles. The van der Waals surface area contributed by atoms with Crippen molar-refractivity contribution >= 4 is 21.6 Å². The average molecular weight is 378 g/mol. The van der Waals surface area contributed by atoms with Crippen molar-refractivity contribution in [2.45, 2.75) is 42.9 Å². The molecule has 140 valence electrons. The number of aromatic amines is 1. The third-order valence-corrected chi connectivity index (χ3v) is 5.71. The Hall–Kier alpha value is -2.42. The number of pyridine rings is 1. The third-order valence-electron chi connectivity index (χ3n) is 4.54. The van der Waals surface area contributed by atoms with Crippen LogP contribution in [0.5, 0.6) is 5.88 Å². The molecule has 2 heterocycles. The minimum Gasteiger partial charge on any atom is -0.481 e. The van der Waals surface area contributed by atoms with Crippen molar-refractivity contribution in [1.29, 1.82) is 0 Å². The van der Waals surface area contributed by atoms with E-state index in [4.69, 9.17) is 4.74 Å². The van der Waals surface area contributed by atoms with Gasteiger partial charge in [0.1, 0.15) is 0 Å². The quantitative estimate of drug-likeness (QED) is 0.795. The smallest absolute Gasteiger partial charge is 0.230 e. The van der Waals surface area contributed by atoms with Crippen LogP contribution in [-0.4, -0.2) is 42.9 Å². The average Bonchev–Trinajstić information content (AvgIpc) is 3.24. The number of nitrogens with zero attached hydrogens (tertiary/aromatic N) is 2. The number of hydrogen-bond donors (Lipinski definition) is 2. The van der Waals surface area contributed by atoms with Crippen LogP contribution >= 0.6 is 0 Å². The van der Waals surface area contributed by atoms with Crippen molar-refractivity contribution in [3.8, 4) is 5.88 Å². The van der Waals surface area contributed by atoms with Crippen molar-refractivity contribution < 1.29 is 17.9 Å². The van der Waals surface area contributed by atoms with Crippen LogP contribution in [0.15, 0.2) is 23.2 Å². The molecule has 1 fully saturated rings. The highest BCUT2D eigenvalue weighted by Crippen LogP contribution is 2.33. The molecular formula is C17H22N4O4S. The molecule has 0 bridgehead atoms. The number of hydrogen-bond acceptors (Lipinski definition) is 6. The molecular weight excluding hydrogens is 356 g/mol. The first-order chi connectivity index (χ1) is 12.4. The Balaban J connectivity index is 1.73. The molecule has 0 aliphatic heterocycles. The number of amides is 1. The molecule has 3 rings (SSSR count). The summed E-state index contributed by atoms with van der Waals surface area (Å²) in [4.78, 5) is 16.3. The lowest BCUT2D eigenvalue weighted by atomic mass is 10.0. The maximum absolute atomic E-state index is 12.4. The molecule has 8 nitrogen and oxygen atoms in total. The van der Waals surface area contributed by atoms with Gasteiger partial charge in [0.15, 0.2) is 15.7 Å². The van der Waals surface area contributed by atoms with Gasteiger partial charge in [-0.1, -0.05) is 12.8 Å². The maximum atomic E-state index is 12.4. The number of ether oxygens (including phenoxy) is 1. The van der Waals surface area contributed by atoms with Crippen LogP contribution in [0.1, 0.15) is 42.9 Å². The first kappa shape index (κ1) is 18.4. The monoisotopic (exact) mass is 378 g/mol. The summed E-state index contributed by atoms with van der Waals surface area (Å²) >= 11 is 0. The lowest BCUT2D eigenvalue weighted by Crippen LogP contribution is -2.17. The second-order valence-electron chi connectivity index (χ2n) is 6.52. The van der Waals surface area contributed by atoms with Gasteiger partial charge in [0, 0.05) is 36.2 Å². The highest BCUT2D eigenvalue weighted by atomic mass is 32.2. The molecule has 26 heavy (non-hydrogen) atoms. The minimum absolute atomic E-state index is 0.0159. The van der Waals surface area contributed by atoms with E-state index in [1.54, 1.807) is 0 Å². The minimum atomic E-state index is -3.50. The van der Waals surface area contributed by atoms with E-state index in [-0.39, 0.29) is 23.1 Å². The molecule has 2 N–H and O–H groups in total. The highest BCUT2D eigenvalue weighted by molar-refractivity contribution is 7.90. The van der Waals surface area contributed by atoms with Gasteiger partial charge in [0.2, 0.25) is 11.8 Å². The number of anilines is 1. The molecule has 2 aromatic rings. The fourth-order valence-electron chi connectivity index (χ4n) is 3.25. The van der Waals surface area contributed by atoms with E-state index < -0.39 is 9.84 Å². The summed E-state index contributed by atoms with van der Waals surface area (Å²) in [5, 5.41) is 9.83.